The first-order valence-electron chi connectivity index (χ1n) is 5.09. The second-order valence-electron chi connectivity index (χ2n) is 3.50. The van der Waals surface area contributed by atoms with Crippen molar-refractivity contribution in [3.8, 4) is 0 Å². The minimum Gasteiger partial charge on any atom is -0.328 e. The fourth-order valence-corrected chi connectivity index (χ4v) is 1.56. The van der Waals surface area contributed by atoms with Crippen LogP contribution >= 0.6 is 0 Å². The summed E-state index contributed by atoms with van der Waals surface area (Å²) in [4.78, 5) is 16.4. The van der Waals surface area contributed by atoms with Gasteiger partial charge in [0.25, 0.3) is 0 Å². The first kappa shape index (κ1) is 11.0. The molecule has 17 heavy (non-hydrogen) atoms. The summed E-state index contributed by atoms with van der Waals surface area (Å²) in [7, 11) is 0. The molecule has 1 aromatic carbocycles. The number of aromatic amines is 1. The van der Waals surface area contributed by atoms with Crippen molar-refractivity contribution in [1.82, 2.24) is 4.98 Å². The first-order chi connectivity index (χ1) is 8.29. The number of hydrogen-bond donors (Lipinski definition) is 1. The average Bonchev–Trinajstić information content (AvgIpc) is 2.34. The van der Waals surface area contributed by atoms with Crippen LogP contribution in [0.5, 0.6) is 0 Å². The van der Waals surface area contributed by atoms with Crippen molar-refractivity contribution >= 4 is 16.8 Å². The molecule has 2 aromatic rings. The summed E-state index contributed by atoms with van der Waals surface area (Å²) in [5, 5.41) is 5.27. The van der Waals surface area contributed by atoms with Gasteiger partial charge in [0.05, 0.1) is 0 Å². The first-order valence-corrected chi connectivity index (χ1v) is 5.09. The predicted molar refractivity (Wildman–Crippen MR) is 67.6 cm³/mol. The number of pyridine rings is 1. The normalized spacial score (nSPS) is 10.6. The highest BCUT2D eigenvalue weighted by atomic mass is 16.1. The Morgan fingerprint density at radius 2 is 2.24 bits per heavy atom. The van der Waals surface area contributed by atoms with Gasteiger partial charge in [-0.1, -0.05) is 29.4 Å². The van der Waals surface area contributed by atoms with E-state index in [2.05, 4.69) is 15.0 Å². The van der Waals surface area contributed by atoms with E-state index in [0.717, 1.165) is 16.3 Å². The molecule has 0 saturated carbocycles. The summed E-state index contributed by atoms with van der Waals surface area (Å²) in [5.41, 5.74) is 8.97. The molecular formula is C12H10N4O. The monoisotopic (exact) mass is 226 g/mol. The highest BCUT2D eigenvalue weighted by Crippen LogP contribution is 2.14. The minimum atomic E-state index is -0.118. The number of fused-ring (bicyclic) bond motifs is 1. The molecule has 0 saturated heterocycles. The maximum absolute atomic E-state index is 11.2. The molecule has 0 unspecified atom stereocenters. The van der Waals surface area contributed by atoms with Crippen molar-refractivity contribution in [2.24, 2.45) is 5.11 Å². The second kappa shape index (κ2) is 5.01. The number of hydrogen-bond acceptors (Lipinski definition) is 2. The van der Waals surface area contributed by atoms with Crippen LogP contribution in [0.25, 0.3) is 27.3 Å². The van der Waals surface area contributed by atoms with Crippen molar-refractivity contribution in [3.63, 3.8) is 0 Å². The van der Waals surface area contributed by atoms with E-state index in [1.165, 1.54) is 0 Å². The molecule has 0 bridgehead atoms. The summed E-state index contributed by atoms with van der Waals surface area (Å²) in [6.45, 7) is 0.323. The van der Waals surface area contributed by atoms with Crippen molar-refractivity contribution in [2.75, 3.05) is 6.54 Å². The van der Waals surface area contributed by atoms with Crippen molar-refractivity contribution in [3.05, 3.63) is 62.9 Å². The molecule has 0 spiro atoms. The predicted octanol–water partition coefficient (Wildman–Crippen LogP) is 2.85. The maximum Gasteiger partial charge on any atom is 0.248 e. The largest absolute Gasteiger partial charge is 0.328 e. The van der Waals surface area contributed by atoms with Gasteiger partial charge >= 0.3 is 0 Å². The highest BCUT2D eigenvalue weighted by molar-refractivity contribution is 5.83. The molecule has 0 amide bonds. The standard InChI is InChI=1S/C12H10N4O/c13-16-15-5-1-2-9-3-4-10-8-14-12(17)7-11(10)6-9/h1-4,6-8H,5H2,(H,14,17). The van der Waals surface area contributed by atoms with Gasteiger partial charge < -0.3 is 4.98 Å². The fraction of sp³-hybridized carbons (Fsp3) is 0.0833. The number of benzene rings is 1. The van der Waals surface area contributed by atoms with Crippen molar-refractivity contribution < 1.29 is 0 Å². The third-order valence-corrected chi connectivity index (χ3v) is 2.33. The van der Waals surface area contributed by atoms with Crippen LogP contribution in [0.2, 0.25) is 0 Å². The molecular weight excluding hydrogens is 216 g/mol. The van der Waals surface area contributed by atoms with Crippen LogP contribution in [0, 0.1) is 0 Å². The van der Waals surface area contributed by atoms with E-state index >= 15 is 0 Å². The Hall–Kier alpha value is -2.52. The van der Waals surface area contributed by atoms with Crippen molar-refractivity contribution in [1.29, 1.82) is 0 Å². The van der Waals surface area contributed by atoms with Crippen molar-refractivity contribution in [2.45, 2.75) is 0 Å². The number of H-pyrrole nitrogens is 1. The zero-order valence-corrected chi connectivity index (χ0v) is 9.00. The summed E-state index contributed by atoms with van der Waals surface area (Å²) in [5.74, 6) is 0. The second-order valence-corrected chi connectivity index (χ2v) is 3.50. The third-order valence-electron chi connectivity index (χ3n) is 2.33. The van der Waals surface area contributed by atoms with E-state index in [-0.39, 0.29) is 5.56 Å². The van der Waals surface area contributed by atoms with Crippen LogP contribution in [0.1, 0.15) is 5.56 Å². The number of rotatable bonds is 3. The summed E-state index contributed by atoms with van der Waals surface area (Å²) < 4.78 is 0. The quantitative estimate of drug-likeness (QED) is 0.487. The Morgan fingerprint density at radius 3 is 3.06 bits per heavy atom. The minimum absolute atomic E-state index is 0.118. The summed E-state index contributed by atoms with van der Waals surface area (Å²) in [6.07, 6.45) is 5.31. The molecule has 2 rings (SSSR count). The average molecular weight is 226 g/mol. The van der Waals surface area contributed by atoms with E-state index in [4.69, 9.17) is 5.53 Å². The molecule has 1 heterocycles. The molecule has 84 valence electrons. The maximum atomic E-state index is 11.2. The Balaban J connectivity index is 2.33. The molecule has 5 heteroatoms. The Bertz CT molecular complexity index is 666. The molecule has 0 radical (unpaired) electrons. The Labute approximate surface area is 97.0 Å². The van der Waals surface area contributed by atoms with Gasteiger partial charge in [0.1, 0.15) is 0 Å². The lowest BCUT2D eigenvalue weighted by molar-refractivity contribution is 1.22. The molecule has 1 aromatic heterocycles. The van der Waals surface area contributed by atoms with E-state index in [9.17, 15) is 4.79 Å². The van der Waals surface area contributed by atoms with Crippen LogP contribution in [0.15, 0.2) is 46.4 Å². The van der Waals surface area contributed by atoms with Crippen LogP contribution in [0.4, 0.5) is 0 Å². The van der Waals surface area contributed by atoms with Gasteiger partial charge in [-0.05, 0) is 27.9 Å². The van der Waals surface area contributed by atoms with Gasteiger partial charge in [-0.25, -0.2) is 0 Å². The lowest BCUT2D eigenvalue weighted by Gasteiger charge is -1.98. The number of azide groups is 1. The number of nitrogens with one attached hydrogen (secondary N) is 1. The zero-order chi connectivity index (χ0) is 12.1. The van der Waals surface area contributed by atoms with Crippen LogP contribution in [-0.4, -0.2) is 11.5 Å². The van der Waals surface area contributed by atoms with Gasteiger partial charge in [0.15, 0.2) is 0 Å². The topological polar surface area (TPSA) is 81.6 Å². The van der Waals surface area contributed by atoms with Gasteiger partial charge in [0.2, 0.25) is 5.56 Å². The summed E-state index contributed by atoms with van der Waals surface area (Å²) in [6, 6.07) is 7.34. The summed E-state index contributed by atoms with van der Waals surface area (Å²) >= 11 is 0. The lowest BCUT2D eigenvalue weighted by Crippen LogP contribution is -2.01. The Kier molecular flexibility index (Phi) is 3.23. The van der Waals surface area contributed by atoms with Crippen LogP contribution in [-0.2, 0) is 0 Å². The molecule has 0 aliphatic heterocycles. The van der Waals surface area contributed by atoms with E-state index < -0.39 is 0 Å². The van der Waals surface area contributed by atoms with E-state index in [1.54, 1.807) is 18.3 Å². The molecule has 0 fully saturated rings. The molecule has 0 aliphatic rings. The highest BCUT2D eigenvalue weighted by Gasteiger charge is 1.94. The van der Waals surface area contributed by atoms with Crippen LogP contribution in [0.3, 0.4) is 0 Å². The SMILES string of the molecule is [N-]=[N+]=NCC=Cc1ccc2c[nH]c(=O)cc2c1. The fourth-order valence-electron chi connectivity index (χ4n) is 1.56. The van der Waals surface area contributed by atoms with Gasteiger partial charge in [-0.15, -0.1) is 0 Å². The van der Waals surface area contributed by atoms with Crippen LogP contribution < -0.4 is 5.56 Å². The molecule has 0 atom stereocenters. The Morgan fingerprint density at radius 1 is 1.35 bits per heavy atom. The van der Waals surface area contributed by atoms with Gasteiger partial charge in [0, 0.05) is 23.7 Å². The zero-order valence-electron chi connectivity index (χ0n) is 9.00. The lowest BCUT2D eigenvalue weighted by atomic mass is 10.1. The molecule has 5 nitrogen and oxygen atoms in total. The van der Waals surface area contributed by atoms with E-state index in [0.29, 0.717) is 6.54 Å². The van der Waals surface area contributed by atoms with Gasteiger partial charge in [-0.2, -0.15) is 0 Å². The number of aromatic nitrogens is 1. The third kappa shape index (κ3) is 2.74. The molecule has 0 aliphatic carbocycles. The van der Waals surface area contributed by atoms with E-state index in [1.807, 2.05) is 24.3 Å². The molecule has 1 N–H and O–H groups in total. The smallest absolute Gasteiger partial charge is 0.248 e. The number of nitrogens with zero attached hydrogens (tertiary/aromatic N) is 3. The van der Waals surface area contributed by atoms with Gasteiger partial charge in [-0.3, -0.25) is 4.79 Å².